The van der Waals surface area contributed by atoms with Gasteiger partial charge in [0, 0.05) is 5.92 Å². The van der Waals surface area contributed by atoms with Crippen LogP contribution in [0.1, 0.15) is 58.3 Å². The van der Waals surface area contributed by atoms with Gasteiger partial charge in [0.25, 0.3) is 0 Å². The van der Waals surface area contributed by atoms with E-state index >= 15 is 0 Å². The minimum absolute atomic E-state index is 0.0837. The standard InChI is InChI=1S/C14H27NO2/c1-2-3-4-5-7-12-8-6-9-14(12)15-13(10-16)11-17-14/h12-13,15-16H,2-11H2,1H3. The third-order valence-corrected chi connectivity index (χ3v) is 4.38. The van der Waals surface area contributed by atoms with Gasteiger partial charge in [0.1, 0.15) is 5.72 Å². The first-order valence-electron chi connectivity index (χ1n) is 7.33. The molecule has 3 heteroatoms. The van der Waals surface area contributed by atoms with E-state index < -0.39 is 0 Å². The maximum Gasteiger partial charge on any atom is 0.122 e. The zero-order valence-electron chi connectivity index (χ0n) is 11.1. The second-order valence-corrected chi connectivity index (χ2v) is 5.66. The second kappa shape index (κ2) is 6.17. The van der Waals surface area contributed by atoms with Crippen molar-refractivity contribution in [3.63, 3.8) is 0 Å². The molecule has 0 aromatic carbocycles. The molecule has 2 rings (SSSR count). The van der Waals surface area contributed by atoms with Gasteiger partial charge in [0.15, 0.2) is 0 Å². The highest BCUT2D eigenvalue weighted by molar-refractivity contribution is 4.97. The lowest BCUT2D eigenvalue weighted by molar-refractivity contribution is -0.0437. The third-order valence-electron chi connectivity index (χ3n) is 4.38. The maximum absolute atomic E-state index is 9.20. The Morgan fingerprint density at radius 3 is 2.94 bits per heavy atom. The van der Waals surface area contributed by atoms with Crippen LogP contribution >= 0.6 is 0 Å². The Balaban J connectivity index is 1.80. The van der Waals surface area contributed by atoms with Crippen LogP contribution in [0.2, 0.25) is 0 Å². The smallest absolute Gasteiger partial charge is 0.122 e. The summed E-state index contributed by atoms with van der Waals surface area (Å²) < 4.78 is 6.00. The van der Waals surface area contributed by atoms with Crippen LogP contribution in [0.3, 0.4) is 0 Å². The largest absolute Gasteiger partial charge is 0.395 e. The molecule has 2 N–H and O–H groups in total. The molecule has 1 spiro atoms. The number of nitrogens with one attached hydrogen (secondary N) is 1. The van der Waals surface area contributed by atoms with Gasteiger partial charge in [-0.05, 0) is 25.7 Å². The summed E-state index contributed by atoms with van der Waals surface area (Å²) in [5, 5.41) is 12.7. The fraction of sp³-hybridized carbons (Fsp3) is 1.00. The molecule has 17 heavy (non-hydrogen) atoms. The van der Waals surface area contributed by atoms with Crippen molar-refractivity contribution in [3.8, 4) is 0 Å². The summed E-state index contributed by atoms with van der Waals surface area (Å²) in [5.41, 5.74) is -0.0837. The van der Waals surface area contributed by atoms with Gasteiger partial charge in [-0.1, -0.05) is 32.6 Å². The molecule has 3 unspecified atom stereocenters. The zero-order valence-corrected chi connectivity index (χ0v) is 11.1. The summed E-state index contributed by atoms with van der Waals surface area (Å²) in [6.45, 7) is 3.14. The third kappa shape index (κ3) is 3.01. The van der Waals surface area contributed by atoms with Crippen molar-refractivity contribution in [3.05, 3.63) is 0 Å². The summed E-state index contributed by atoms with van der Waals surface area (Å²) in [7, 11) is 0. The van der Waals surface area contributed by atoms with E-state index in [0.29, 0.717) is 12.5 Å². The molecule has 2 fully saturated rings. The molecule has 1 saturated carbocycles. The van der Waals surface area contributed by atoms with Crippen LogP contribution in [-0.4, -0.2) is 30.1 Å². The van der Waals surface area contributed by atoms with E-state index in [0.717, 1.165) is 6.42 Å². The van der Waals surface area contributed by atoms with Crippen LogP contribution in [-0.2, 0) is 4.74 Å². The van der Waals surface area contributed by atoms with E-state index in [1.165, 1.54) is 44.9 Å². The minimum atomic E-state index is -0.0837. The molecule has 100 valence electrons. The van der Waals surface area contributed by atoms with Gasteiger partial charge < -0.3 is 9.84 Å². The maximum atomic E-state index is 9.20. The monoisotopic (exact) mass is 241 g/mol. The summed E-state index contributed by atoms with van der Waals surface area (Å²) in [6.07, 6.45) is 10.3. The summed E-state index contributed by atoms with van der Waals surface area (Å²) in [5.74, 6) is 0.663. The lowest BCUT2D eigenvalue weighted by Crippen LogP contribution is -2.48. The molecule has 0 bridgehead atoms. The Kier molecular flexibility index (Phi) is 4.83. The molecule has 0 amide bonds. The van der Waals surface area contributed by atoms with Crippen LogP contribution in [0.15, 0.2) is 0 Å². The van der Waals surface area contributed by atoms with Crippen LogP contribution in [0.4, 0.5) is 0 Å². The van der Waals surface area contributed by atoms with E-state index in [-0.39, 0.29) is 18.4 Å². The number of hydrogen-bond donors (Lipinski definition) is 2. The van der Waals surface area contributed by atoms with Crippen LogP contribution in [0.25, 0.3) is 0 Å². The van der Waals surface area contributed by atoms with Crippen LogP contribution in [0.5, 0.6) is 0 Å². The van der Waals surface area contributed by atoms with E-state index in [1.807, 2.05) is 0 Å². The van der Waals surface area contributed by atoms with Crippen LogP contribution in [0, 0.1) is 5.92 Å². The lowest BCUT2D eigenvalue weighted by Gasteiger charge is -2.31. The summed E-state index contributed by atoms with van der Waals surface area (Å²) in [4.78, 5) is 0. The Morgan fingerprint density at radius 2 is 2.24 bits per heavy atom. The number of aliphatic hydroxyl groups excluding tert-OH is 1. The highest BCUT2D eigenvalue weighted by Gasteiger charge is 2.48. The lowest BCUT2D eigenvalue weighted by atomic mass is 9.93. The predicted octanol–water partition coefficient (Wildman–Crippen LogP) is 2.43. The quantitative estimate of drug-likeness (QED) is 0.702. The Labute approximate surface area is 105 Å². The van der Waals surface area contributed by atoms with Crippen molar-refractivity contribution < 1.29 is 9.84 Å². The van der Waals surface area contributed by atoms with Crippen molar-refractivity contribution in [1.29, 1.82) is 0 Å². The molecule has 2 aliphatic rings. The first-order valence-corrected chi connectivity index (χ1v) is 7.33. The van der Waals surface area contributed by atoms with Gasteiger partial charge in [-0.15, -0.1) is 0 Å². The van der Waals surface area contributed by atoms with E-state index in [9.17, 15) is 5.11 Å². The Hall–Kier alpha value is -0.120. The normalized spacial score (nSPS) is 37.1. The Bertz CT molecular complexity index is 234. The predicted molar refractivity (Wildman–Crippen MR) is 68.8 cm³/mol. The van der Waals surface area contributed by atoms with Crippen molar-refractivity contribution in [2.75, 3.05) is 13.2 Å². The molecule has 1 aliphatic carbocycles. The molecule has 3 atom stereocenters. The molecule has 1 heterocycles. The molecule has 1 saturated heterocycles. The first kappa shape index (κ1) is 13.3. The van der Waals surface area contributed by atoms with Crippen LogP contribution < -0.4 is 5.32 Å². The average molecular weight is 241 g/mol. The number of aliphatic hydroxyl groups is 1. The number of ether oxygens (including phenoxy) is 1. The van der Waals surface area contributed by atoms with E-state index in [2.05, 4.69) is 12.2 Å². The van der Waals surface area contributed by atoms with Gasteiger partial charge in [0.2, 0.25) is 0 Å². The van der Waals surface area contributed by atoms with E-state index in [1.54, 1.807) is 0 Å². The molecule has 1 aliphatic heterocycles. The topological polar surface area (TPSA) is 41.5 Å². The summed E-state index contributed by atoms with van der Waals surface area (Å²) >= 11 is 0. The molecule has 3 nitrogen and oxygen atoms in total. The second-order valence-electron chi connectivity index (χ2n) is 5.66. The first-order chi connectivity index (χ1) is 8.30. The Morgan fingerprint density at radius 1 is 1.35 bits per heavy atom. The highest BCUT2D eigenvalue weighted by Crippen LogP contribution is 2.42. The number of rotatable bonds is 6. The average Bonchev–Trinajstić information content (AvgIpc) is 2.94. The molecular weight excluding hydrogens is 214 g/mol. The van der Waals surface area contributed by atoms with Crippen molar-refractivity contribution in [1.82, 2.24) is 5.32 Å². The van der Waals surface area contributed by atoms with Gasteiger partial charge in [0.05, 0.1) is 19.3 Å². The molecular formula is C14H27NO2. The molecule has 0 aromatic rings. The minimum Gasteiger partial charge on any atom is -0.395 e. The molecule has 0 radical (unpaired) electrons. The fourth-order valence-electron chi connectivity index (χ4n) is 3.40. The van der Waals surface area contributed by atoms with Gasteiger partial charge in [-0.25, -0.2) is 0 Å². The number of hydrogen-bond acceptors (Lipinski definition) is 3. The SMILES string of the molecule is CCCCCCC1CCCC12NC(CO)CO2. The van der Waals surface area contributed by atoms with E-state index in [4.69, 9.17) is 4.74 Å². The molecule has 0 aromatic heterocycles. The van der Waals surface area contributed by atoms with Crippen molar-refractivity contribution in [2.45, 2.75) is 70.1 Å². The summed E-state index contributed by atoms with van der Waals surface area (Å²) in [6, 6.07) is 0.159. The van der Waals surface area contributed by atoms with Crippen molar-refractivity contribution in [2.24, 2.45) is 5.92 Å². The fourth-order valence-corrected chi connectivity index (χ4v) is 3.40. The van der Waals surface area contributed by atoms with Gasteiger partial charge in [-0.2, -0.15) is 0 Å². The highest BCUT2D eigenvalue weighted by atomic mass is 16.5. The zero-order chi connectivity index (χ0) is 12.1. The van der Waals surface area contributed by atoms with Gasteiger partial charge >= 0.3 is 0 Å². The van der Waals surface area contributed by atoms with Crippen molar-refractivity contribution >= 4 is 0 Å². The van der Waals surface area contributed by atoms with Gasteiger partial charge in [-0.3, -0.25) is 5.32 Å². The number of unbranched alkanes of at least 4 members (excludes halogenated alkanes) is 3.